The molecule has 0 aromatic carbocycles. The fourth-order valence-corrected chi connectivity index (χ4v) is 1.46. The monoisotopic (exact) mass is 126 g/mol. The molecule has 2 rings (SSSR count). The standard InChI is InChI=1S/C6H10N2O/c7-8-4-3-6(1-2-6)5(8)9/h1-4,7H2. The summed E-state index contributed by atoms with van der Waals surface area (Å²) in [6, 6.07) is 0. The second-order valence-corrected chi connectivity index (χ2v) is 3.03. The molecule has 9 heavy (non-hydrogen) atoms. The Kier molecular flexibility index (Phi) is 0.750. The molecule has 1 saturated carbocycles. The molecule has 1 aliphatic carbocycles. The van der Waals surface area contributed by atoms with Crippen LogP contribution >= 0.6 is 0 Å². The van der Waals surface area contributed by atoms with Crippen LogP contribution < -0.4 is 5.84 Å². The van der Waals surface area contributed by atoms with E-state index >= 15 is 0 Å². The van der Waals surface area contributed by atoms with Gasteiger partial charge in [0.25, 0.3) is 0 Å². The molecular weight excluding hydrogens is 116 g/mol. The van der Waals surface area contributed by atoms with Crippen LogP contribution in [0.5, 0.6) is 0 Å². The maximum absolute atomic E-state index is 11.1. The van der Waals surface area contributed by atoms with Crippen molar-refractivity contribution in [3.8, 4) is 0 Å². The number of nitrogens with zero attached hydrogens (tertiary/aromatic N) is 1. The first-order valence-electron chi connectivity index (χ1n) is 3.31. The van der Waals surface area contributed by atoms with Crippen LogP contribution in [-0.4, -0.2) is 17.5 Å². The number of rotatable bonds is 0. The molecule has 0 aromatic rings. The highest BCUT2D eigenvalue weighted by Gasteiger charge is 2.54. The average Bonchev–Trinajstić information content (AvgIpc) is 2.57. The normalized spacial score (nSPS) is 29.9. The Hall–Kier alpha value is -0.570. The first-order valence-corrected chi connectivity index (χ1v) is 3.31. The fourth-order valence-electron chi connectivity index (χ4n) is 1.46. The molecule has 2 aliphatic rings. The van der Waals surface area contributed by atoms with Gasteiger partial charge in [-0.25, -0.2) is 5.84 Å². The molecule has 0 aromatic heterocycles. The molecule has 1 aliphatic heterocycles. The minimum Gasteiger partial charge on any atom is -0.280 e. The van der Waals surface area contributed by atoms with E-state index in [1.54, 1.807) is 0 Å². The van der Waals surface area contributed by atoms with Crippen molar-refractivity contribution in [3.63, 3.8) is 0 Å². The summed E-state index contributed by atoms with van der Waals surface area (Å²) in [7, 11) is 0. The first-order chi connectivity index (χ1) is 4.25. The topological polar surface area (TPSA) is 46.3 Å². The summed E-state index contributed by atoms with van der Waals surface area (Å²) in [4.78, 5) is 11.1. The van der Waals surface area contributed by atoms with Gasteiger partial charge in [-0.2, -0.15) is 0 Å². The second kappa shape index (κ2) is 1.29. The number of hydrogen-bond donors (Lipinski definition) is 1. The Bertz CT molecular complexity index is 162. The van der Waals surface area contributed by atoms with Gasteiger partial charge in [0.2, 0.25) is 5.91 Å². The highest BCUT2D eigenvalue weighted by atomic mass is 16.2. The van der Waals surface area contributed by atoms with Crippen molar-refractivity contribution >= 4 is 5.91 Å². The van der Waals surface area contributed by atoms with Crippen LogP contribution in [0, 0.1) is 5.41 Å². The van der Waals surface area contributed by atoms with Crippen molar-refractivity contribution in [1.82, 2.24) is 5.01 Å². The summed E-state index contributed by atoms with van der Waals surface area (Å²) in [5.74, 6) is 5.55. The van der Waals surface area contributed by atoms with Crippen LogP contribution in [0.4, 0.5) is 0 Å². The molecular formula is C6H10N2O. The maximum atomic E-state index is 11.1. The van der Waals surface area contributed by atoms with Gasteiger partial charge in [-0.15, -0.1) is 0 Å². The van der Waals surface area contributed by atoms with Gasteiger partial charge in [0.1, 0.15) is 0 Å². The zero-order valence-corrected chi connectivity index (χ0v) is 5.26. The van der Waals surface area contributed by atoms with Crippen LogP contribution in [0.25, 0.3) is 0 Å². The van der Waals surface area contributed by atoms with Crippen molar-refractivity contribution in [2.24, 2.45) is 11.3 Å². The number of hydrogen-bond acceptors (Lipinski definition) is 2. The Labute approximate surface area is 53.8 Å². The van der Waals surface area contributed by atoms with Crippen molar-refractivity contribution in [2.75, 3.05) is 6.54 Å². The minimum atomic E-state index is 0.0365. The lowest BCUT2D eigenvalue weighted by atomic mass is 10.1. The lowest BCUT2D eigenvalue weighted by molar-refractivity contribution is -0.132. The molecule has 0 bridgehead atoms. The number of carbonyl (C=O) groups is 1. The summed E-state index contributed by atoms with van der Waals surface area (Å²) in [5, 5.41) is 1.35. The van der Waals surface area contributed by atoms with E-state index in [9.17, 15) is 4.79 Å². The van der Waals surface area contributed by atoms with E-state index < -0.39 is 0 Å². The van der Waals surface area contributed by atoms with Crippen LogP contribution in [0.1, 0.15) is 19.3 Å². The van der Waals surface area contributed by atoms with Crippen molar-refractivity contribution in [1.29, 1.82) is 0 Å². The first kappa shape index (κ1) is 5.23. The maximum Gasteiger partial charge on any atom is 0.242 e. The molecule has 2 fully saturated rings. The Balaban J connectivity index is 2.22. The molecule has 3 heteroatoms. The number of carbonyl (C=O) groups excluding carboxylic acids is 1. The van der Waals surface area contributed by atoms with E-state index in [1.807, 2.05) is 0 Å². The van der Waals surface area contributed by atoms with E-state index in [0.29, 0.717) is 0 Å². The quantitative estimate of drug-likeness (QED) is 0.363. The van der Waals surface area contributed by atoms with E-state index in [2.05, 4.69) is 0 Å². The Morgan fingerprint density at radius 1 is 1.44 bits per heavy atom. The van der Waals surface area contributed by atoms with Crippen LogP contribution in [0.2, 0.25) is 0 Å². The zero-order chi connectivity index (χ0) is 6.48. The van der Waals surface area contributed by atoms with E-state index in [-0.39, 0.29) is 11.3 Å². The molecule has 1 saturated heterocycles. The summed E-state index contributed by atoms with van der Waals surface area (Å²) < 4.78 is 0. The van der Waals surface area contributed by atoms with Gasteiger partial charge in [-0.3, -0.25) is 9.80 Å². The third kappa shape index (κ3) is 0.525. The number of amides is 1. The highest BCUT2D eigenvalue weighted by molar-refractivity contribution is 5.86. The number of nitrogens with two attached hydrogens (primary N) is 1. The van der Waals surface area contributed by atoms with Gasteiger partial charge >= 0.3 is 0 Å². The van der Waals surface area contributed by atoms with Crippen molar-refractivity contribution in [2.45, 2.75) is 19.3 Å². The fraction of sp³-hybridized carbons (Fsp3) is 0.833. The molecule has 0 unspecified atom stereocenters. The molecule has 1 amide bonds. The van der Waals surface area contributed by atoms with Gasteiger partial charge in [-0.05, 0) is 19.3 Å². The van der Waals surface area contributed by atoms with Crippen LogP contribution in [-0.2, 0) is 4.79 Å². The average molecular weight is 126 g/mol. The van der Waals surface area contributed by atoms with E-state index in [1.165, 1.54) is 5.01 Å². The molecule has 0 radical (unpaired) electrons. The van der Waals surface area contributed by atoms with Crippen molar-refractivity contribution in [3.05, 3.63) is 0 Å². The van der Waals surface area contributed by atoms with E-state index in [4.69, 9.17) is 5.84 Å². The smallest absolute Gasteiger partial charge is 0.242 e. The minimum absolute atomic E-state index is 0.0365. The third-order valence-electron chi connectivity index (χ3n) is 2.40. The predicted octanol–water partition coefficient (Wildman–Crippen LogP) is -0.127. The molecule has 2 N–H and O–H groups in total. The largest absolute Gasteiger partial charge is 0.280 e. The SMILES string of the molecule is NN1CCC2(CC2)C1=O. The lowest BCUT2D eigenvalue weighted by Gasteiger charge is -2.06. The third-order valence-corrected chi connectivity index (χ3v) is 2.40. The van der Waals surface area contributed by atoms with Crippen LogP contribution in [0.3, 0.4) is 0 Å². The Morgan fingerprint density at radius 3 is 2.33 bits per heavy atom. The molecule has 1 heterocycles. The van der Waals surface area contributed by atoms with Gasteiger partial charge in [0.05, 0.1) is 5.41 Å². The highest BCUT2D eigenvalue weighted by Crippen LogP contribution is 2.52. The molecule has 1 spiro atoms. The van der Waals surface area contributed by atoms with Gasteiger partial charge < -0.3 is 0 Å². The summed E-state index contributed by atoms with van der Waals surface area (Å²) >= 11 is 0. The Morgan fingerprint density at radius 2 is 2.11 bits per heavy atom. The summed E-state index contributed by atoms with van der Waals surface area (Å²) in [6.07, 6.45) is 3.13. The molecule has 50 valence electrons. The zero-order valence-electron chi connectivity index (χ0n) is 5.26. The van der Waals surface area contributed by atoms with Gasteiger partial charge in [0.15, 0.2) is 0 Å². The number of hydrazine groups is 1. The molecule has 3 nitrogen and oxygen atoms in total. The van der Waals surface area contributed by atoms with Gasteiger partial charge in [0, 0.05) is 6.54 Å². The second-order valence-electron chi connectivity index (χ2n) is 3.03. The summed E-state index contributed by atoms with van der Waals surface area (Å²) in [5.41, 5.74) is 0.0365. The van der Waals surface area contributed by atoms with Gasteiger partial charge in [-0.1, -0.05) is 0 Å². The van der Waals surface area contributed by atoms with E-state index in [0.717, 1.165) is 25.8 Å². The van der Waals surface area contributed by atoms with Crippen LogP contribution in [0.15, 0.2) is 0 Å². The predicted molar refractivity (Wildman–Crippen MR) is 32.2 cm³/mol. The summed E-state index contributed by atoms with van der Waals surface area (Å²) in [6.45, 7) is 0.763. The lowest BCUT2D eigenvalue weighted by Crippen LogP contribution is -2.34. The van der Waals surface area contributed by atoms with Crippen molar-refractivity contribution < 1.29 is 4.79 Å². The molecule has 0 atom stereocenters.